The molecule has 0 spiro atoms. The molecule has 0 saturated heterocycles. The zero-order valence-corrected chi connectivity index (χ0v) is 8.40. The Morgan fingerprint density at radius 1 is 1.53 bits per heavy atom. The third-order valence-electron chi connectivity index (χ3n) is 1.64. The number of carbonyl (C=O) groups is 1. The van der Waals surface area contributed by atoms with Crippen LogP contribution in [0.5, 0.6) is 5.75 Å². The molecule has 0 aliphatic carbocycles. The van der Waals surface area contributed by atoms with Gasteiger partial charge in [-0.1, -0.05) is 12.1 Å². The van der Waals surface area contributed by atoms with E-state index >= 15 is 0 Å². The van der Waals surface area contributed by atoms with Crippen molar-refractivity contribution in [2.24, 2.45) is 5.10 Å². The molecule has 0 heterocycles. The van der Waals surface area contributed by atoms with Gasteiger partial charge >= 0.3 is 6.03 Å². The highest BCUT2D eigenvalue weighted by molar-refractivity contribution is 5.84. The average molecular weight is 207 g/mol. The van der Waals surface area contributed by atoms with Crippen LogP contribution in [0, 0.1) is 0 Å². The summed E-state index contributed by atoms with van der Waals surface area (Å²) in [5.74, 6) is 0.124. The highest BCUT2D eigenvalue weighted by atomic mass is 16.3. The Labute approximate surface area is 87.8 Å². The molecule has 0 aliphatic heterocycles. The Balaban J connectivity index is 2.52. The van der Waals surface area contributed by atoms with E-state index in [2.05, 4.69) is 15.8 Å². The van der Waals surface area contributed by atoms with E-state index in [1.807, 2.05) is 6.92 Å². The maximum Gasteiger partial charge on any atom is 0.335 e. The van der Waals surface area contributed by atoms with Crippen LogP contribution in [-0.2, 0) is 0 Å². The number of nitrogens with one attached hydrogen (secondary N) is 2. The molecule has 5 heteroatoms. The molecule has 0 atom stereocenters. The monoisotopic (exact) mass is 207 g/mol. The summed E-state index contributed by atoms with van der Waals surface area (Å²) in [7, 11) is 0. The minimum absolute atomic E-state index is 0.124. The minimum atomic E-state index is -0.371. The summed E-state index contributed by atoms with van der Waals surface area (Å²) >= 11 is 0. The van der Waals surface area contributed by atoms with E-state index in [1.165, 1.54) is 6.21 Å². The lowest BCUT2D eigenvalue weighted by Gasteiger charge is -1.99. The quantitative estimate of drug-likeness (QED) is 0.512. The second-order valence-electron chi connectivity index (χ2n) is 2.79. The molecule has 1 aromatic rings. The van der Waals surface area contributed by atoms with Gasteiger partial charge in [-0.3, -0.25) is 0 Å². The molecule has 0 saturated carbocycles. The van der Waals surface area contributed by atoms with Crippen molar-refractivity contribution in [1.29, 1.82) is 0 Å². The molecule has 80 valence electrons. The normalized spacial score (nSPS) is 10.2. The van der Waals surface area contributed by atoms with Gasteiger partial charge in [-0.25, -0.2) is 10.2 Å². The fourth-order valence-corrected chi connectivity index (χ4v) is 0.957. The molecule has 2 amide bonds. The molecule has 1 rings (SSSR count). The van der Waals surface area contributed by atoms with Gasteiger partial charge in [0.05, 0.1) is 6.21 Å². The second-order valence-corrected chi connectivity index (χ2v) is 2.79. The van der Waals surface area contributed by atoms with Crippen LogP contribution >= 0.6 is 0 Å². The van der Waals surface area contributed by atoms with E-state index in [4.69, 9.17) is 0 Å². The Morgan fingerprint density at radius 2 is 2.27 bits per heavy atom. The number of phenols is 1. The Morgan fingerprint density at radius 3 is 2.93 bits per heavy atom. The van der Waals surface area contributed by atoms with Crippen LogP contribution in [0.1, 0.15) is 12.5 Å². The lowest BCUT2D eigenvalue weighted by Crippen LogP contribution is -2.31. The number of phenolic OH excluding ortho intramolecular Hbond substituents is 1. The molecule has 0 fully saturated rings. The summed E-state index contributed by atoms with van der Waals surface area (Å²) < 4.78 is 0. The molecule has 0 aliphatic rings. The van der Waals surface area contributed by atoms with Crippen LogP contribution in [0.25, 0.3) is 0 Å². The number of aromatic hydroxyl groups is 1. The largest absolute Gasteiger partial charge is 0.507 e. The van der Waals surface area contributed by atoms with E-state index in [0.717, 1.165) is 0 Å². The molecule has 3 N–H and O–H groups in total. The summed E-state index contributed by atoms with van der Waals surface area (Å²) in [4.78, 5) is 10.9. The molecule has 0 bridgehead atoms. The zero-order valence-electron chi connectivity index (χ0n) is 8.40. The molecule has 15 heavy (non-hydrogen) atoms. The van der Waals surface area contributed by atoms with Crippen LogP contribution in [0.15, 0.2) is 29.4 Å². The van der Waals surface area contributed by atoms with Crippen LogP contribution in [0.3, 0.4) is 0 Å². The number of hydrogen-bond acceptors (Lipinski definition) is 3. The van der Waals surface area contributed by atoms with Gasteiger partial charge in [0.15, 0.2) is 0 Å². The number of carbonyl (C=O) groups excluding carboxylic acids is 1. The SMILES string of the molecule is CCNC(=O)NN=Cc1ccccc1O. The summed E-state index contributed by atoms with van der Waals surface area (Å²) in [6.45, 7) is 2.35. The third-order valence-corrected chi connectivity index (χ3v) is 1.64. The molecule has 0 aromatic heterocycles. The Bertz CT molecular complexity index is 363. The van der Waals surface area contributed by atoms with Gasteiger partial charge in [0.1, 0.15) is 5.75 Å². The first-order chi connectivity index (χ1) is 7.24. The predicted octanol–water partition coefficient (Wildman–Crippen LogP) is 1.05. The fraction of sp³-hybridized carbons (Fsp3) is 0.200. The first-order valence-electron chi connectivity index (χ1n) is 4.59. The van der Waals surface area contributed by atoms with Crippen molar-refractivity contribution in [3.63, 3.8) is 0 Å². The second kappa shape index (κ2) is 5.64. The van der Waals surface area contributed by atoms with Crippen LogP contribution < -0.4 is 10.7 Å². The molecule has 0 unspecified atom stereocenters. The molecular weight excluding hydrogens is 194 g/mol. The third kappa shape index (κ3) is 3.68. The van der Waals surface area contributed by atoms with Crippen LogP contribution in [0.2, 0.25) is 0 Å². The van der Waals surface area contributed by atoms with E-state index in [9.17, 15) is 9.90 Å². The number of nitrogens with zero attached hydrogens (tertiary/aromatic N) is 1. The van der Waals surface area contributed by atoms with Crippen molar-refractivity contribution in [3.05, 3.63) is 29.8 Å². The van der Waals surface area contributed by atoms with Crippen molar-refractivity contribution in [3.8, 4) is 5.75 Å². The van der Waals surface area contributed by atoms with Gasteiger partial charge in [0.25, 0.3) is 0 Å². The minimum Gasteiger partial charge on any atom is -0.507 e. The number of hydrogen-bond donors (Lipinski definition) is 3. The summed E-state index contributed by atoms with van der Waals surface area (Å²) in [5, 5.41) is 15.6. The summed E-state index contributed by atoms with van der Waals surface area (Å²) in [5.41, 5.74) is 2.82. The van der Waals surface area contributed by atoms with Crippen molar-refractivity contribution < 1.29 is 9.90 Å². The first-order valence-corrected chi connectivity index (χ1v) is 4.59. The Hall–Kier alpha value is -2.04. The number of urea groups is 1. The van der Waals surface area contributed by atoms with Gasteiger partial charge in [-0.15, -0.1) is 0 Å². The first kappa shape index (κ1) is 11.0. The number of benzene rings is 1. The van der Waals surface area contributed by atoms with Gasteiger partial charge in [0.2, 0.25) is 0 Å². The van der Waals surface area contributed by atoms with Crippen molar-refractivity contribution in [2.75, 3.05) is 6.54 Å². The fourth-order valence-electron chi connectivity index (χ4n) is 0.957. The lowest BCUT2D eigenvalue weighted by atomic mass is 10.2. The molecule has 0 radical (unpaired) electrons. The molecule has 1 aromatic carbocycles. The number of rotatable bonds is 3. The Kier molecular flexibility index (Phi) is 4.15. The lowest BCUT2D eigenvalue weighted by molar-refractivity contribution is 0.242. The number of hydrazone groups is 1. The van der Waals surface area contributed by atoms with Crippen molar-refractivity contribution in [2.45, 2.75) is 6.92 Å². The highest BCUT2D eigenvalue weighted by Crippen LogP contribution is 2.12. The highest BCUT2D eigenvalue weighted by Gasteiger charge is 1.96. The van der Waals surface area contributed by atoms with Crippen molar-refractivity contribution >= 4 is 12.2 Å². The van der Waals surface area contributed by atoms with E-state index < -0.39 is 0 Å². The maximum absolute atomic E-state index is 10.9. The summed E-state index contributed by atoms with van der Waals surface area (Å²) in [6, 6.07) is 6.35. The number of amides is 2. The topological polar surface area (TPSA) is 73.7 Å². The smallest absolute Gasteiger partial charge is 0.335 e. The standard InChI is InChI=1S/C10H13N3O2/c1-2-11-10(15)13-12-7-8-5-3-4-6-9(8)14/h3-7,14H,2H2,1H3,(H2,11,13,15). The van der Waals surface area contributed by atoms with Crippen LogP contribution in [0.4, 0.5) is 4.79 Å². The van der Waals surface area contributed by atoms with Crippen molar-refractivity contribution in [1.82, 2.24) is 10.7 Å². The van der Waals surface area contributed by atoms with E-state index in [0.29, 0.717) is 12.1 Å². The maximum atomic E-state index is 10.9. The summed E-state index contributed by atoms with van der Waals surface area (Å²) in [6.07, 6.45) is 1.38. The van der Waals surface area contributed by atoms with Gasteiger partial charge in [-0.05, 0) is 19.1 Å². The van der Waals surface area contributed by atoms with Crippen LogP contribution in [-0.4, -0.2) is 23.9 Å². The van der Waals surface area contributed by atoms with E-state index in [1.54, 1.807) is 24.3 Å². The zero-order chi connectivity index (χ0) is 11.1. The van der Waals surface area contributed by atoms with Gasteiger partial charge in [-0.2, -0.15) is 5.10 Å². The van der Waals surface area contributed by atoms with E-state index in [-0.39, 0.29) is 11.8 Å². The van der Waals surface area contributed by atoms with Gasteiger partial charge < -0.3 is 10.4 Å². The van der Waals surface area contributed by atoms with Gasteiger partial charge in [0, 0.05) is 12.1 Å². The average Bonchev–Trinajstić information content (AvgIpc) is 2.21. The molecular formula is C10H13N3O2. The predicted molar refractivity (Wildman–Crippen MR) is 57.9 cm³/mol. The molecule has 5 nitrogen and oxygen atoms in total. The number of para-hydroxylation sites is 1.